The topological polar surface area (TPSA) is 44.3 Å². The van der Waals surface area contributed by atoms with Gasteiger partial charge in [-0.2, -0.15) is 0 Å². The van der Waals surface area contributed by atoms with Gasteiger partial charge in [0.1, 0.15) is 0 Å². The summed E-state index contributed by atoms with van der Waals surface area (Å²) >= 11 is 1.75. The Kier molecular flexibility index (Phi) is 3.75. The smallest absolute Gasteiger partial charge is 0.0795 e. The van der Waals surface area contributed by atoms with Gasteiger partial charge in [-0.15, -0.1) is 11.3 Å². The zero-order valence-electron chi connectivity index (χ0n) is 8.83. The third kappa shape index (κ3) is 3.28. The maximum Gasteiger partial charge on any atom is 0.0795 e. The highest BCUT2D eigenvalue weighted by atomic mass is 32.1. The molecule has 0 aromatic carbocycles. The van der Waals surface area contributed by atoms with Crippen LogP contribution in [0.3, 0.4) is 0 Å². The largest absolute Gasteiger partial charge is 0.388 e. The number of aliphatic hydroxyl groups is 1. The molecule has 1 saturated heterocycles. The van der Waals surface area contributed by atoms with Crippen LogP contribution >= 0.6 is 11.3 Å². The Balaban J connectivity index is 1.72. The maximum atomic E-state index is 10.2. The number of hydrogen-bond donors (Lipinski definition) is 3. The molecule has 4 heteroatoms. The Morgan fingerprint density at radius 3 is 2.93 bits per heavy atom. The first-order chi connectivity index (χ1) is 7.29. The van der Waals surface area contributed by atoms with Crippen LogP contribution in [0.1, 0.15) is 17.7 Å². The Labute approximate surface area is 94.5 Å². The highest BCUT2D eigenvalue weighted by molar-refractivity contribution is 7.09. The minimum absolute atomic E-state index is 0.498. The minimum atomic E-state index is -0.498. The number of rotatable bonds is 4. The fourth-order valence-electron chi connectivity index (χ4n) is 1.90. The molecular weight excluding hydrogens is 208 g/mol. The van der Waals surface area contributed by atoms with Crippen molar-refractivity contribution in [2.75, 3.05) is 19.6 Å². The van der Waals surface area contributed by atoms with Crippen molar-refractivity contribution in [2.24, 2.45) is 0 Å². The summed E-state index contributed by atoms with van der Waals surface area (Å²) in [4.78, 5) is 1.33. The molecule has 2 heterocycles. The summed E-state index contributed by atoms with van der Waals surface area (Å²) in [5, 5.41) is 18.9. The molecule has 15 heavy (non-hydrogen) atoms. The van der Waals surface area contributed by atoms with Gasteiger partial charge in [-0.3, -0.25) is 0 Å². The molecular formula is C11H18N2OS. The van der Waals surface area contributed by atoms with Gasteiger partial charge < -0.3 is 15.7 Å². The van der Waals surface area contributed by atoms with Gasteiger partial charge in [-0.05, 0) is 37.4 Å². The van der Waals surface area contributed by atoms with Crippen LogP contribution in [-0.4, -0.2) is 30.3 Å². The second-order valence-corrected chi connectivity index (χ2v) is 5.19. The molecule has 3 N–H and O–H groups in total. The van der Waals surface area contributed by atoms with E-state index in [0.29, 0.717) is 6.54 Å². The van der Waals surface area contributed by atoms with E-state index in [1.807, 2.05) is 0 Å². The summed E-state index contributed by atoms with van der Waals surface area (Å²) in [7, 11) is 0. The van der Waals surface area contributed by atoms with Crippen LogP contribution in [0.5, 0.6) is 0 Å². The summed E-state index contributed by atoms with van der Waals surface area (Å²) in [6.07, 6.45) is 1.70. The number of piperidine rings is 1. The Bertz CT molecular complexity index is 281. The summed E-state index contributed by atoms with van der Waals surface area (Å²) < 4.78 is 0. The van der Waals surface area contributed by atoms with E-state index in [4.69, 9.17) is 0 Å². The monoisotopic (exact) mass is 226 g/mol. The second kappa shape index (κ2) is 5.07. The third-order valence-corrected chi connectivity index (χ3v) is 3.74. The van der Waals surface area contributed by atoms with E-state index < -0.39 is 5.60 Å². The summed E-state index contributed by atoms with van der Waals surface area (Å²) in [6, 6.07) is 4.17. The highest BCUT2D eigenvalue weighted by Crippen LogP contribution is 2.17. The van der Waals surface area contributed by atoms with Gasteiger partial charge in [-0.1, -0.05) is 6.07 Å². The lowest BCUT2D eigenvalue weighted by Crippen LogP contribution is -2.48. The molecule has 0 saturated carbocycles. The minimum Gasteiger partial charge on any atom is -0.388 e. The van der Waals surface area contributed by atoms with Gasteiger partial charge in [0.2, 0.25) is 0 Å². The van der Waals surface area contributed by atoms with E-state index >= 15 is 0 Å². The fraction of sp³-hybridized carbons (Fsp3) is 0.636. The van der Waals surface area contributed by atoms with Crippen molar-refractivity contribution in [1.82, 2.24) is 10.6 Å². The van der Waals surface area contributed by atoms with Gasteiger partial charge in [0.05, 0.1) is 5.60 Å². The van der Waals surface area contributed by atoms with Crippen molar-refractivity contribution in [3.63, 3.8) is 0 Å². The molecule has 84 valence electrons. The van der Waals surface area contributed by atoms with Crippen molar-refractivity contribution in [3.05, 3.63) is 22.4 Å². The first-order valence-electron chi connectivity index (χ1n) is 5.45. The molecule has 0 aliphatic carbocycles. The van der Waals surface area contributed by atoms with Crippen LogP contribution in [0.2, 0.25) is 0 Å². The van der Waals surface area contributed by atoms with Gasteiger partial charge in [0.25, 0.3) is 0 Å². The summed E-state index contributed by atoms with van der Waals surface area (Å²) in [5.41, 5.74) is -0.498. The summed E-state index contributed by atoms with van der Waals surface area (Å²) in [6.45, 7) is 3.42. The fourth-order valence-corrected chi connectivity index (χ4v) is 2.57. The van der Waals surface area contributed by atoms with Gasteiger partial charge in [0.15, 0.2) is 0 Å². The van der Waals surface area contributed by atoms with E-state index in [-0.39, 0.29) is 0 Å². The molecule has 0 bridgehead atoms. The van der Waals surface area contributed by atoms with Crippen LogP contribution in [-0.2, 0) is 6.54 Å². The molecule has 0 spiro atoms. The van der Waals surface area contributed by atoms with Gasteiger partial charge >= 0.3 is 0 Å². The SMILES string of the molecule is OC1(CNCc2cccs2)CCNCC1. The molecule has 0 amide bonds. The van der Waals surface area contributed by atoms with E-state index in [9.17, 15) is 5.11 Å². The van der Waals surface area contributed by atoms with Crippen molar-refractivity contribution < 1.29 is 5.11 Å². The van der Waals surface area contributed by atoms with Gasteiger partial charge in [0, 0.05) is 18.0 Å². The third-order valence-electron chi connectivity index (χ3n) is 2.87. The molecule has 1 fully saturated rings. The van der Waals surface area contributed by atoms with E-state index in [1.54, 1.807) is 11.3 Å². The first kappa shape index (κ1) is 11.1. The molecule has 1 aliphatic rings. The molecule has 1 aliphatic heterocycles. The van der Waals surface area contributed by atoms with Crippen LogP contribution in [0, 0.1) is 0 Å². The molecule has 0 radical (unpaired) electrons. The lowest BCUT2D eigenvalue weighted by atomic mass is 9.92. The maximum absolute atomic E-state index is 10.2. The van der Waals surface area contributed by atoms with Crippen molar-refractivity contribution in [3.8, 4) is 0 Å². The Morgan fingerprint density at radius 2 is 2.27 bits per heavy atom. The first-order valence-corrected chi connectivity index (χ1v) is 6.33. The highest BCUT2D eigenvalue weighted by Gasteiger charge is 2.28. The summed E-state index contributed by atoms with van der Waals surface area (Å²) in [5.74, 6) is 0. The second-order valence-electron chi connectivity index (χ2n) is 4.16. The van der Waals surface area contributed by atoms with E-state index in [0.717, 1.165) is 32.5 Å². The van der Waals surface area contributed by atoms with Crippen LogP contribution in [0.15, 0.2) is 17.5 Å². The Hall–Kier alpha value is -0.420. The predicted octanol–water partition coefficient (Wildman–Crippen LogP) is 0.952. The number of nitrogens with one attached hydrogen (secondary N) is 2. The standard InChI is InChI=1S/C11H18N2OS/c14-11(3-5-12-6-4-11)9-13-8-10-2-1-7-15-10/h1-2,7,12-14H,3-6,8-9H2. The molecule has 1 aromatic heterocycles. The molecule has 2 rings (SSSR count). The molecule has 3 nitrogen and oxygen atoms in total. The number of hydrogen-bond acceptors (Lipinski definition) is 4. The normalized spacial score (nSPS) is 20.3. The van der Waals surface area contributed by atoms with Gasteiger partial charge in [-0.25, -0.2) is 0 Å². The van der Waals surface area contributed by atoms with Crippen LogP contribution in [0.4, 0.5) is 0 Å². The predicted molar refractivity (Wildman–Crippen MR) is 63.1 cm³/mol. The quantitative estimate of drug-likeness (QED) is 0.716. The van der Waals surface area contributed by atoms with E-state index in [1.165, 1.54) is 4.88 Å². The lowest BCUT2D eigenvalue weighted by Gasteiger charge is -2.32. The van der Waals surface area contributed by atoms with Crippen molar-refractivity contribution >= 4 is 11.3 Å². The zero-order chi connectivity index (χ0) is 10.6. The number of thiophene rings is 1. The average Bonchev–Trinajstić information content (AvgIpc) is 2.71. The molecule has 0 unspecified atom stereocenters. The average molecular weight is 226 g/mol. The molecule has 0 atom stereocenters. The van der Waals surface area contributed by atoms with Crippen LogP contribution in [0.25, 0.3) is 0 Å². The van der Waals surface area contributed by atoms with Crippen molar-refractivity contribution in [2.45, 2.75) is 25.0 Å². The van der Waals surface area contributed by atoms with Crippen molar-refractivity contribution in [1.29, 1.82) is 0 Å². The lowest BCUT2D eigenvalue weighted by molar-refractivity contribution is 0.0110. The molecule has 1 aromatic rings. The van der Waals surface area contributed by atoms with E-state index in [2.05, 4.69) is 28.1 Å². The Morgan fingerprint density at radius 1 is 1.47 bits per heavy atom. The zero-order valence-corrected chi connectivity index (χ0v) is 9.65. The van der Waals surface area contributed by atoms with Crippen LogP contribution < -0.4 is 10.6 Å².